The molecular weight excluding hydrogens is 280 g/mol. The molecule has 116 valence electrons. The fourth-order valence-electron chi connectivity index (χ4n) is 1.87. The Labute approximate surface area is 129 Å². The Morgan fingerprint density at radius 3 is 2.77 bits per heavy atom. The molecule has 6 heteroatoms. The van der Waals surface area contributed by atoms with Crippen molar-refractivity contribution in [3.8, 4) is 17.0 Å². The Hall–Kier alpha value is -2.63. The molecule has 0 saturated heterocycles. The quantitative estimate of drug-likeness (QED) is 0.882. The Kier molecular flexibility index (Phi) is 4.93. The summed E-state index contributed by atoms with van der Waals surface area (Å²) < 4.78 is 5.70. The second-order valence-electron chi connectivity index (χ2n) is 5.31. The van der Waals surface area contributed by atoms with Crippen molar-refractivity contribution < 1.29 is 9.53 Å². The first kappa shape index (κ1) is 15.8. The summed E-state index contributed by atoms with van der Waals surface area (Å²) in [6, 6.07) is 9.13. The third-order valence-corrected chi connectivity index (χ3v) is 2.92. The molecule has 2 rings (SSSR count). The van der Waals surface area contributed by atoms with Gasteiger partial charge in [0.25, 0.3) is 5.91 Å². The standard InChI is InChI=1S/C16H20N4O2/c1-10(2)9-22-12-6-4-5-11(7-12)13-8-14(15(21)18-3)20-16(17)19-13/h4-8,10H,9H2,1-3H3,(H,18,21)(H2,17,19,20). The van der Waals surface area contributed by atoms with Crippen LogP contribution in [-0.4, -0.2) is 29.5 Å². The molecule has 0 aliphatic carbocycles. The van der Waals surface area contributed by atoms with E-state index in [0.29, 0.717) is 18.2 Å². The first-order chi connectivity index (χ1) is 10.5. The molecule has 1 amide bonds. The monoisotopic (exact) mass is 300 g/mol. The molecule has 1 heterocycles. The lowest BCUT2D eigenvalue weighted by atomic mass is 10.1. The summed E-state index contributed by atoms with van der Waals surface area (Å²) in [6.45, 7) is 4.81. The minimum atomic E-state index is -0.303. The van der Waals surface area contributed by atoms with Crippen LogP contribution in [0.25, 0.3) is 11.3 Å². The third-order valence-electron chi connectivity index (χ3n) is 2.92. The molecular formula is C16H20N4O2. The summed E-state index contributed by atoms with van der Waals surface area (Å²) in [4.78, 5) is 19.8. The number of amides is 1. The number of hydrogen-bond acceptors (Lipinski definition) is 5. The van der Waals surface area contributed by atoms with Gasteiger partial charge in [0, 0.05) is 12.6 Å². The van der Waals surface area contributed by atoms with Crippen molar-refractivity contribution in [1.29, 1.82) is 0 Å². The van der Waals surface area contributed by atoms with E-state index in [4.69, 9.17) is 10.5 Å². The zero-order valence-corrected chi connectivity index (χ0v) is 13.0. The normalized spacial score (nSPS) is 10.5. The van der Waals surface area contributed by atoms with Gasteiger partial charge in [-0.05, 0) is 24.1 Å². The molecule has 0 atom stereocenters. The molecule has 0 bridgehead atoms. The van der Waals surface area contributed by atoms with Crippen LogP contribution in [0.4, 0.5) is 5.95 Å². The highest BCUT2D eigenvalue weighted by molar-refractivity contribution is 5.93. The number of ether oxygens (including phenoxy) is 1. The van der Waals surface area contributed by atoms with E-state index in [1.807, 2.05) is 24.3 Å². The van der Waals surface area contributed by atoms with E-state index >= 15 is 0 Å². The highest BCUT2D eigenvalue weighted by Crippen LogP contribution is 2.23. The van der Waals surface area contributed by atoms with E-state index in [9.17, 15) is 4.79 Å². The van der Waals surface area contributed by atoms with Crippen molar-refractivity contribution in [3.63, 3.8) is 0 Å². The Bertz CT molecular complexity index is 671. The Balaban J connectivity index is 2.33. The predicted octanol–water partition coefficient (Wildman–Crippen LogP) is 2.12. The molecule has 0 spiro atoms. The fraction of sp³-hybridized carbons (Fsp3) is 0.312. The van der Waals surface area contributed by atoms with Crippen molar-refractivity contribution >= 4 is 11.9 Å². The van der Waals surface area contributed by atoms with Crippen LogP contribution in [-0.2, 0) is 0 Å². The average Bonchev–Trinajstić information content (AvgIpc) is 2.51. The average molecular weight is 300 g/mol. The van der Waals surface area contributed by atoms with Gasteiger partial charge in [-0.2, -0.15) is 0 Å². The minimum absolute atomic E-state index is 0.0598. The van der Waals surface area contributed by atoms with Gasteiger partial charge < -0.3 is 15.8 Å². The summed E-state index contributed by atoms with van der Waals surface area (Å²) in [7, 11) is 1.54. The number of nitrogen functional groups attached to an aromatic ring is 1. The van der Waals surface area contributed by atoms with Crippen LogP contribution in [0.1, 0.15) is 24.3 Å². The van der Waals surface area contributed by atoms with Crippen molar-refractivity contribution in [2.45, 2.75) is 13.8 Å². The van der Waals surface area contributed by atoms with Crippen LogP contribution in [0.15, 0.2) is 30.3 Å². The van der Waals surface area contributed by atoms with E-state index in [1.54, 1.807) is 13.1 Å². The molecule has 0 radical (unpaired) electrons. The van der Waals surface area contributed by atoms with Crippen LogP contribution in [0.3, 0.4) is 0 Å². The van der Waals surface area contributed by atoms with Gasteiger partial charge in [0.1, 0.15) is 11.4 Å². The number of carbonyl (C=O) groups excluding carboxylic acids is 1. The number of benzene rings is 1. The number of hydrogen-bond donors (Lipinski definition) is 2. The molecule has 0 unspecified atom stereocenters. The Morgan fingerprint density at radius 1 is 1.32 bits per heavy atom. The lowest BCUT2D eigenvalue weighted by Crippen LogP contribution is -2.20. The number of nitrogens with zero attached hydrogens (tertiary/aromatic N) is 2. The van der Waals surface area contributed by atoms with Gasteiger partial charge in [0.15, 0.2) is 0 Å². The summed E-state index contributed by atoms with van der Waals surface area (Å²) in [5, 5.41) is 2.52. The molecule has 6 nitrogen and oxygen atoms in total. The zero-order valence-electron chi connectivity index (χ0n) is 13.0. The van der Waals surface area contributed by atoms with Gasteiger partial charge in [0.05, 0.1) is 12.3 Å². The predicted molar refractivity (Wildman–Crippen MR) is 85.6 cm³/mol. The third kappa shape index (κ3) is 3.94. The largest absolute Gasteiger partial charge is 0.493 e. The lowest BCUT2D eigenvalue weighted by molar-refractivity contribution is 0.0958. The van der Waals surface area contributed by atoms with E-state index in [1.165, 1.54) is 0 Å². The smallest absolute Gasteiger partial charge is 0.269 e. The van der Waals surface area contributed by atoms with Gasteiger partial charge in [0.2, 0.25) is 5.95 Å². The van der Waals surface area contributed by atoms with Gasteiger partial charge >= 0.3 is 0 Å². The van der Waals surface area contributed by atoms with Gasteiger partial charge in [-0.3, -0.25) is 4.79 Å². The molecule has 3 N–H and O–H groups in total. The van der Waals surface area contributed by atoms with E-state index in [-0.39, 0.29) is 17.5 Å². The second kappa shape index (κ2) is 6.89. The number of rotatable bonds is 5. The maximum atomic E-state index is 11.7. The first-order valence-electron chi connectivity index (χ1n) is 7.09. The highest BCUT2D eigenvalue weighted by Gasteiger charge is 2.11. The molecule has 0 fully saturated rings. The minimum Gasteiger partial charge on any atom is -0.493 e. The topological polar surface area (TPSA) is 90.1 Å². The highest BCUT2D eigenvalue weighted by atomic mass is 16.5. The molecule has 0 aliphatic heterocycles. The van der Waals surface area contributed by atoms with Crippen molar-refractivity contribution in [2.75, 3.05) is 19.4 Å². The number of nitrogens with two attached hydrogens (primary N) is 1. The second-order valence-corrected chi connectivity index (χ2v) is 5.31. The number of anilines is 1. The van der Waals surface area contributed by atoms with Crippen molar-refractivity contribution in [1.82, 2.24) is 15.3 Å². The number of carbonyl (C=O) groups is 1. The van der Waals surface area contributed by atoms with Gasteiger partial charge in [-0.1, -0.05) is 26.0 Å². The van der Waals surface area contributed by atoms with E-state index in [0.717, 1.165) is 11.3 Å². The Morgan fingerprint density at radius 2 is 2.09 bits per heavy atom. The molecule has 0 saturated carbocycles. The molecule has 22 heavy (non-hydrogen) atoms. The SMILES string of the molecule is CNC(=O)c1cc(-c2cccc(OCC(C)C)c2)nc(N)n1. The van der Waals surface area contributed by atoms with Crippen LogP contribution in [0.5, 0.6) is 5.75 Å². The zero-order chi connectivity index (χ0) is 16.1. The lowest BCUT2D eigenvalue weighted by Gasteiger charge is -2.10. The van der Waals surface area contributed by atoms with Crippen LogP contribution in [0, 0.1) is 5.92 Å². The number of nitrogens with one attached hydrogen (secondary N) is 1. The molecule has 1 aromatic heterocycles. The van der Waals surface area contributed by atoms with Crippen LogP contribution < -0.4 is 15.8 Å². The summed E-state index contributed by atoms with van der Waals surface area (Å²) in [5.74, 6) is 0.954. The molecule has 2 aromatic rings. The maximum Gasteiger partial charge on any atom is 0.269 e. The van der Waals surface area contributed by atoms with Crippen molar-refractivity contribution in [3.05, 3.63) is 36.0 Å². The summed E-state index contributed by atoms with van der Waals surface area (Å²) in [6.07, 6.45) is 0. The van der Waals surface area contributed by atoms with Gasteiger partial charge in [-0.15, -0.1) is 0 Å². The van der Waals surface area contributed by atoms with E-state index in [2.05, 4.69) is 29.1 Å². The van der Waals surface area contributed by atoms with Crippen LogP contribution in [0.2, 0.25) is 0 Å². The molecule has 0 aliphatic rings. The summed E-state index contributed by atoms with van der Waals surface area (Å²) >= 11 is 0. The summed E-state index contributed by atoms with van der Waals surface area (Å²) in [5.41, 5.74) is 7.33. The first-order valence-corrected chi connectivity index (χ1v) is 7.09. The van der Waals surface area contributed by atoms with Crippen molar-refractivity contribution in [2.24, 2.45) is 5.92 Å². The van der Waals surface area contributed by atoms with E-state index < -0.39 is 0 Å². The maximum absolute atomic E-state index is 11.7. The fourth-order valence-corrected chi connectivity index (χ4v) is 1.87. The van der Waals surface area contributed by atoms with Crippen LogP contribution >= 0.6 is 0 Å². The van der Waals surface area contributed by atoms with Gasteiger partial charge in [-0.25, -0.2) is 9.97 Å². The number of aromatic nitrogens is 2. The molecule has 1 aromatic carbocycles.